The number of carbonyl (C=O) groups is 6. The van der Waals surface area contributed by atoms with Gasteiger partial charge in [0.25, 0.3) is 23.6 Å². The van der Waals surface area contributed by atoms with E-state index in [1.165, 1.54) is 42.5 Å². The molecule has 7 aromatic carbocycles. The molecule has 0 unspecified atom stereocenters. The molecule has 442 valence electrons. The van der Waals surface area contributed by atoms with Gasteiger partial charge in [0.05, 0.1) is 48.0 Å². The Morgan fingerprint density at radius 2 is 0.905 bits per heavy atom. The van der Waals surface area contributed by atoms with Gasteiger partial charge in [-0.05, 0) is 96.7 Å². The quantitative estimate of drug-likeness (QED) is 0.0216. The number of aliphatic hydroxyl groups is 1. The molecule has 22 heteroatoms. The van der Waals surface area contributed by atoms with Crippen LogP contribution in [0.2, 0.25) is 0 Å². The van der Waals surface area contributed by atoms with E-state index in [1.807, 2.05) is 91.0 Å². The van der Waals surface area contributed by atoms with Gasteiger partial charge in [-0.25, -0.2) is 9.59 Å². The average molecular weight is 1150 g/mol. The number of carbonyl (C=O) groups excluding carboxylic acids is 6. The summed E-state index contributed by atoms with van der Waals surface area (Å²) >= 11 is 0. The molecule has 1 atom stereocenters. The molecule has 7 rings (SSSR count). The highest BCUT2D eigenvalue weighted by Crippen LogP contribution is 2.27. The zero-order valence-electron chi connectivity index (χ0n) is 45.9. The second kappa shape index (κ2) is 36.1. The number of para-hydroxylation sites is 2. The molecule has 0 aliphatic carbocycles. The van der Waals surface area contributed by atoms with Gasteiger partial charge in [-0.3, -0.25) is 19.2 Å². The predicted octanol–water partition coefficient (Wildman–Crippen LogP) is 6.06. The van der Waals surface area contributed by atoms with E-state index in [-0.39, 0.29) is 92.3 Å². The van der Waals surface area contributed by atoms with E-state index < -0.39 is 41.9 Å². The van der Waals surface area contributed by atoms with Gasteiger partial charge in [-0.15, -0.1) is 0 Å². The van der Waals surface area contributed by atoms with Crippen LogP contribution in [0.25, 0.3) is 0 Å². The Bertz CT molecular complexity index is 3170. The molecule has 0 fully saturated rings. The molecular formula is C62H69N7O15. The third-order valence-corrected chi connectivity index (χ3v) is 11.7. The number of hydrogen-bond donors (Lipinski definition) is 12. The molecule has 0 saturated carbocycles. The van der Waals surface area contributed by atoms with Gasteiger partial charge in [-0.2, -0.15) is 0 Å². The lowest BCUT2D eigenvalue weighted by molar-refractivity contribution is 0.0909. The second-order valence-electron chi connectivity index (χ2n) is 18.0. The van der Waals surface area contributed by atoms with Crippen LogP contribution in [-0.4, -0.2) is 126 Å². The number of nitrogens with one attached hydrogen (secondary N) is 6. The van der Waals surface area contributed by atoms with E-state index in [1.54, 1.807) is 42.5 Å². The van der Waals surface area contributed by atoms with Crippen molar-refractivity contribution in [2.45, 2.75) is 32.1 Å². The average Bonchev–Trinajstić information content (AvgIpc) is 3.72. The van der Waals surface area contributed by atoms with Crippen molar-refractivity contribution in [3.63, 3.8) is 0 Å². The maximum Gasteiger partial charge on any atom is 0.407 e. The maximum atomic E-state index is 13.1. The summed E-state index contributed by atoms with van der Waals surface area (Å²) in [7, 11) is 0. The van der Waals surface area contributed by atoms with Crippen LogP contribution in [0.15, 0.2) is 176 Å². The molecule has 6 amide bonds. The van der Waals surface area contributed by atoms with Gasteiger partial charge in [0, 0.05) is 19.6 Å². The summed E-state index contributed by atoms with van der Waals surface area (Å²) in [5, 5.41) is 63.2. The molecule has 7 aromatic rings. The van der Waals surface area contributed by atoms with E-state index in [0.717, 1.165) is 16.7 Å². The normalized spacial score (nSPS) is 10.6. The number of rotatable bonds is 26. The first-order valence-corrected chi connectivity index (χ1v) is 26.6. The van der Waals surface area contributed by atoms with E-state index in [2.05, 4.69) is 31.9 Å². The molecule has 0 aliphatic rings. The zero-order chi connectivity index (χ0) is 60.3. The Kier molecular flexibility index (Phi) is 27.7. The lowest BCUT2D eigenvalue weighted by Gasteiger charge is -2.17. The molecule has 0 spiro atoms. The fourth-order valence-electron chi connectivity index (χ4n) is 7.38. The van der Waals surface area contributed by atoms with Crippen molar-refractivity contribution in [3.8, 4) is 34.5 Å². The minimum Gasteiger partial charge on any atom is -0.508 e. The number of nitrogens with two attached hydrogens (primary N) is 1. The minimum atomic E-state index is -0.700. The van der Waals surface area contributed by atoms with Crippen molar-refractivity contribution in [2.24, 2.45) is 5.73 Å². The number of benzene rings is 7. The number of hydrogen-bond acceptors (Lipinski definition) is 16. The molecule has 0 heterocycles. The summed E-state index contributed by atoms with van der Waals surface area (Å²) in [5.41, 5.74) is 8.79. The molecule has 0 saturated heterocycles. The molecule has 0 aromatic heterocycles. The summed E-state index contributed by atoms with van der Waals surface area (Å²) in [6.07, 6.45) is -0.0913. The van der Waals surface area contributed by atoms with Gasteiger partial charge < -0.3 is 82.1 Å². The van der Waals surface area contributed by atoms with Gasteiger partial charge in [0.2, 0.25) is 0 Å². The number of alkyl carbamates (subject to hydrolysis) is 2. The van der Waals surface area contributed by atoms with E-state index in [0.29, 0.717) is 49.6 Å². The zero-order valence-corrected chi connectivity index (χ0v) is 45.9. The van der Waals surface area contributed by atoms with E-state index in [4.69, 9.17) is 24.7 Å². The van der Waals surface area contributed by atoms with Gasteiger partial charge >= 0.3 is 12.2 Å². The SMILES string of the molecule is NCCCNC(=O)OCCNC(=O)c1ccccc1O.O=C(NCCNC(=O)c1cc(OCc2ccccc2)ccc1OCc1ccccc1)OCCNC(=O)c1ccccc1O.O=C(N[C@H](CO)Cc1ccccc1)c1cc(O)ccc1O. The topological polar surface area (TPSA) is 339 Å². The fourth-order valence-corrected chi connectivity index (χ4v) is 7.38. The summed E-state index contributed by atoms with van der Waals surface area (Å²) < 4.78 is 21.7. The smallest absolute Gasteiger partial charge is 0.407 e. The lowest BCUT2D eigenvalue weighted by atomic mass is 10.1. The van der Waals surface area contributed by atoms with Crippen LogP contribution in [0.5, 0.6) is 34.5 Å². The van der Waals surface area contributed by atoms with Crippen molar-refractivity contribution < 1.29 is 73.2 Å². The first-order chi connectivity index (χ1) is 40.7. The highest BCUT2D eigenvalue weighted by Gasteiger charge is 2.19. The number of aromatic hydroxyl groups is 4. The molecule has 84 heavy (non-hydrogen) atoms. The Morgan fingerprint density at radius 1 is 0.440 bits per heavy atom. The number of phenols is 4. The Balaban J connectivity index is 0.000000262. The lowest BCUT2D eigenvalue weighted by Crippen LogP contribution is -2.39. The molecule has 22 nitrogen and oxygen atoms in total. The molecular weight excluding hydrogens is 1080 g/mol. The minimum absolute atomic E-state index is 0.0264. The first-order valence-electron chi connectivity index (χ1n) is 26.6. The Hall–Kier alpha value is -10.3. The number of phenolic OH excluding ortho intramolecular Hbond substituents is 4. The third-order valence-electron chi connectivity index (χ3n) is 11.7. The number of amides is 6. The highest BCUT2D eigenvalue weighted by molar-refractivity contribution is 5.99. The van der Waals surface area contributed by atoms with Crippen LogP contribution in [0.1, 0.15) is 64.5 Å². The van der Waals surface area contributed by atoms with Gasteiger partial charge in [-0.1, -0.05) is 115 Å². The van der Waals surface area contributed by atoms with Crippen LogP contribution >= 0.6 is 0 Å². The maximum absolute atomic E-state index is 13.1. The molecule has 0 bridgehead atoms. The summed E-state index contributed by atoms with van der Waals surface area (Å²) in [5.74, 6) is -1.49. The van der Waals surface area contributed by atoms with Crippen LogP contribution in [0, 0.1) is 0 Å². The van der Waals surface area contributed by atoms with Crippen LogP contribution in [-0.2, 0) is 29.1 Å². The predicted molar refractivity (Wildman–Crippen MR) is 312 cm³/mol. The van der Waals surface area contributed by atoms with Gasteiger partial charge in [0.15, 0.2) is 0 Å². The Labute approximate surface area is 485 Å². The number of ether oxygens (including phenoxy) is 4. The van der Waals surface area contributed by atoms with Crippen molar-refractivity contribution in [2.75, 3.05) is 59.1 Å². The molecule has 0 radical (unpaired) electrons. The van der Waals surface area contributed by atoms with Crippen molar-refractivity contribution in [1.29, 1.82) is 0 Å². The van der Waals surface area contributed by atoms with E-state index >= 15 is 0 Å². The summed E-state index contributed by atoms with van der Waals surface area (Å²) in [6.45, 7) is 1.80. The van der Waals surface area contributed by atoms with Crippen molar-refractivity contribution >= 4 is 35.8 Å². The summed E-state index contributed by atoms with van der Waals surface area (Å²) in [4.78, 5) is 72.1. The van der Waals surface area contributed by atoms with Crippen molar-refractivity contribution in [1.82, 2.24) is 31.9 Å². The van der Waals surface area contributed by atoms with Crippen LogP contribution < -0.4 is 47.1 Å². The second-order valence-corrected chi connectivity index (χ2v) is 18.0. The third kappa shape index (κ3) is 23.4. The molecule has 0 aliphatic heterocycles. The fraction of sp³-hybridized carbons (Fsp3) is 0.226. The van der Waals surface area contributed by atoms with E-state index in [9.17, 15) is 54.3 Å². The Morgan fingerprint density at radius 3 is 1.44 bits per heavy atom. The van der Waals surface area contributed by atoms with Crippen LogP contribution in [0.3, 0.4) is 0 Å². The first kappa shape index (κ1) is 64.5. The highest BCUT2D eigenvalue weighted by atomic mass is 16.6. The van der Waals surface area contributed by atoms with Crippen LogP contribution in [0.4, 0.5) is 9.59 Å². The summed E-state index contributed by atoms with van der Waals surface area (Å²) in [6, 6.07) is 49.4. The monoisotopic (exact) mass is 1150 g/mol. The standard InChI is InChI=1S/C33H33N3O7.C16H17NO4.C13H19N3O4/c37-29-14-8-7-13-27(29)31(38)35-19-20-41-33(40)36-18-17-34-32(39)28-21-26(42-22-24-9-3-1-4-10-24)15-16-30(28)43-23-25-11-5-2-6-12-25;18-10-12(8-11-4-2-1-3-5-11)17-16(21)14-9-13(19)6-7-15(14)20;14-6-3-7-16-13(19)20-9-8-15-12(18)10-4-1-2-5-11(10)17/h1-16,21,37H,17-20,22-23H2,(H,34,39)(H,35,38)(H,36,40);1-7,9,12,18-20H,8,10H2,(H,17,21);1-2,4-5,17H,3,6-9,14H2,(H,15,18)(H,16,19)/t;12-;/m.0./s1. The van der Waals surface area contributed by atoms with Crippen molar-refractivity contribution in [3.05, 3.63) is 215 Å². The molecule has 13 N–H and O–H groups in total. The largest absolute Gasteiger partial charge is 0.508 e. The number of aliphatic hydroxyl groups excluding tert-OH is 1. The van der Waals surface area contributed by atoms with Gasteiger partial charge in [0.1, 0.15) is 60.9 Å².